The molecule has 0 saturated carbocycles. The van der Waals surface area contributed by atoms with Crippen molar-refractivity contribution in [3.05, 3.63) is 55.7 Å². The van der Waals surface area contributed by atoms with Crippen molar-refractivity contribution in [2.45, 2.75) is 32.3 Å². The highest BCUT2D eigenvalue weighted by Gasteiger charge is 2.42. The standard InChI is InChI=1S/C17H16BrNOS/c1-11-14(18)8-15(21-11)16(20)17(10-19)7-6-12-4-2-3-5-13(12)9-17/h2-5,8,16,20H,6-7,9H2,1H3. The molecule has 21 heavy (non-hydrogen) atoms. The van der Waals surface area contributed by atoms with Crippen LogP contribution in [-0.4, -0.2) is 5.11 Å². The van der Waals surface area contributed by atoms with E-state index in [2.05, 4.69) is 34.1 Å². The van der Waals surface area contributed by atoms with Crippen LogP contribution in [0.2, 0.25) is 0 Å². The lowest BCUT2D eigenvalue weighted by Crippen LogP contribution is -2.33. The second-order valence-corrected chi connectivity index (χ2v) is 7.81. The Hall–Kier alpha value is -1.15. The third kappa shape index (κ3) is 2.55. The number of aliphatic hydroxyl groups is 1. The van der Waals surface area contributed by atoms with Gasteiger partial charge >= 0.3 is 0 Å². The van der Waals surface area contributed by atoms with Crippen molar-refractivity contribution in [1.29, 1.82) is 5.26 Å². The molecule has 0 aliphatic heterocycles. The molecule has 0 fully saturated rings. The Labute approximate surface area is 137 Å². The molecule has 0 saturated heterocycles. The minimum atomic E-state index is -0.731. The first-order valence-corrected chi connectivity index (χ1v) is 8.58. The first-order chi connectivity index (χ1) is 10.1. The second-order valence-electron chi connectivity index (χ2n) is 5.67. The number of benzene rings is 1. The van der Waals surface area contributed by atoms with E-state index in [0.29, 0.717) is 12.8 Å². The zero-order valence-corrected chi connectivity index (χ0v) is 14.2. The van der Waals surface area contributed by atoms with Crippen LogP contribution in [0, 0.1) is 23.7 Å². The molecule has 1 aliphatic rings. The minimum absolute atomic E-state index is 0.620. The monoisotopic (exact) mass is 361 g/mol. The molecular weight excluding hydrogens is 346 g/mol. The Morgan fingerprint density at radius 1 is 1.38 bits per heavy atom. The van der Waals surface area contributed by atoms with Gasteiger partial charge in [-0.3, -0.25) is 0 Å². The summed E-state index contributed by atoms with van der Waals surface area (Å²) in [4.78, 5) is 2.01. The first-order valence-electron chi connectivity index (χ1n) is 6.98. The van der Waals surface area contributed by atoms with Crippen molar-refractivity contribution >= 4 is 27.3 Å². The summed E-state index contributed by atoms with van der Waals surface area (Å²) in [7, 11) is 0. The highest BCUT2D eigenvalue weighted by atomic mass is 79.9. The molecule has 1 aliphatic carbocycles. The molecule has 0 bridgehead atoms. The van der Waals surface area contributed by atoms with E-state index >= 15 is 0 Å². The van der Waals surface area contributed by atoms with Gasteiger partial charge in [0.1, 0.15) is 6.10 Å². The van der Waals surface area contributed by atoms with Crippen LogP contribution in [0.3, 0.4) is 0 Å². The summed E-state index contributed by atoms with van der Waals surface area (Å²) >= 11 is 5.05. The number of aliphatic hydroxyl groups excluding tert-OH is 1. The summed E-state index contributed by atoms with van der Waals surface area (Å²) in [6.45, 7) is 2.01. The Balaban J connectivity index is 1.97. The lowest BCUT2D eigenvalue weighted by atomic mass is 9.69. The molecule has 4 heteroatoms. The fraction of sp³-hybridized carbons (Fsp3) is 0.353. The number of halogens is 1. The van der Waals surface area contributed by atoms with Gasteiger partial charge in [0.2, 0.25) is 0 Å². The van der Waals surface area contributed by atoms with Crippen molar-refractivity contribution in [3.63, 3.8) is 0 Å². The lowest BCUT2D eigenvalue weighted by Gasteiger charge is -2.35. The van der Waals surface area contributed by atoms with Crippen LogP contribution in [0.25, 0.3) is 0 Å². The molecule has 1 N–H and O–H groups in total. The van der Waals surface area contributed by atoms with E-state index in [0.717, 1.165) is 20.6 Å². The predicted molar refractivity (Wildman–Crippen MR) is 88.2 cm³/mol. The zero-order valence-electron chi connectivity index (χ0n) is 11.8. The van der Waals surface area contributed by atoms with E-state index < -0.39 is 11.5 Å². The highest BCUT2D eigenvalue weighted by molar-refractivity contribution is 9.10. The molecule has 0 spiro atoms. The largest absolute Gasteiger partial charge is 0.386 e. The summed E-state index contributed by atoms with van der Waals surface area (Å²) in [5.74, 6) is 0. The van der Waals surface area contributed by atoms with Crippen molar-refractivity contribution in [1.82, 2.24) is 0 Å². The molecule has 1 aromatic carbocycles. The average molecular weight is 362 g/mol. The van der Waals surface area contributed by atoms with Crippen LogP contribution in [0.1, 0.15) is 33.4 Å². The maximum Gasteiger partial charge on any atom is 0.107 e. The van der Waals surface area contributed by atoms with E-state index in [-0.39, 0.29) is 0 Å². The Kier molecular flexibility index (Phi) is 3.92. The Morgan fingerprint density at radius 2 is 2.10 bits per heavy atom. The summed E-state index contributed by atoms with van der Waals surface area (Å²) in [6, 6.07) is 12.6. The van der Waals surface area contributed by atoms with Crippen molar-refractivity contribution in [2.24, 2.45) is 5.41 Å². The third-order valence-electron chi connectivity index (χ3n) is 4.36. The van der Waals surface area contributed by atoms with Gasteiger partial charge in [0.15, 0.2) is 0 Å². The van der Waals surface area contributed by atoms with E-state index in [1.165, 1.54) is 11.1 Å². The van der Waals surface area contributed by atoms with Crippen LogP contribution in [0.5, 0.6) is 0 Å². The summed E-state index contributed by atoms with van der Waals surface area (Å²) < 4.78 is 1.01. The molecular formula is C17H16BrNOS. The summed E-state index contributed by atoms with van der Waals surface area (Å²) in [5, 5.41) is 20.6. The topological polar surface area (TPSA) is 44.0 Å². The smallest absolute Gasteiger partial charge is 0.107 e. The van der Waals surface area contributed by atoms with Crippen LogP contribution < -0.4 is 0 Å². The average Bonchev–Trinajstić information content (AvgIpc) is 2.85. The summed E-state index contributed by atoms with van der Waals surface area (Å²) in [6.07, 6.45) is 1.45. The van der Waals surface area contributed by atoms with Gasteiger partial charge < -0.3 is 5.11 Å². The van der Waals surface area contributed by atoms with Gasteiger partial charge in [-0.1, -0.05) is 24.3 Å². The van der Waals surface area contributed by atoms with Crippen LogP contribution >= 0.6 is 27.3 Å². The number of rotatable bonds is 2. The van der Waals surface area contributed by atoms with Crippen molar-refractivity contribution in [2.75, 3.05) is 0 Å². The molecule has 1 aromatic heterocycles. The predicted octanol–water partition coefficient (Wildman–Crippen LogP) is 4.55. The minimum Gasteiger partial charge on any atom is -0.386 e. The number of nitrogens with zero attached hydrogens (tertiary/aromatic N) is 1. The quantitative estimate of drug-likeness (QED) is 0.852. The molecule has 2 unspecified atom stereocenters. The number of hydrogen-bond donors (Lipinski definition) is 1. The molecule has 2 nitrogen and oxygen atoms in total. The molecule has 3 rings (SSSR count). The van der Waals surface area contributed by atoms with Gasteiger partial charge in [-0.15, -0.1) is 11.3 Å². The maximum absolute atomic E-state index is 10.8. The SMILES string of the molecule is Cc1sc(C(O)C2(C#N)CCc3ccccc3C2)cc1Br. The molecule has 0 radical (unpaired) electrons. The number of hydrogen-bond acceptors (Lipinski definition) is 3. The van der Waals surface area contributed by atoms with Crippen molar-refractivity contribution < 1.29 is 5.11 Å². The normalized spacial score (nSPS) is 22.4. The lowest BCUT2D eigenvalue weighted by molar-refractivity contribution is 0.0555. The zero-order chi connectivity index (χ0) is 15.0. The van der Waals surface area contributed by atoms with Crippen LogP contribution in [0.4, 0.5) is 0 Å². The molecule has 0 amide bonds. The van der Waals surface area contributed by atoms with E-state index in [1.807, 2.05) is 25.1 Å². The fourth-order valence-electron chi connectivity index (χ4n) is 3.04. The molecule has 1 heterocycles. The van der Waals surface area contributed by atoms with Crippen LogP contribution in [-0.2, 0) is 12.8 Å². The number of fused-ring (bicyclic) bond motifs is 1. The molecule has 108 valence electrons. The Morgan fingerprint density at radius 3 is 2.71 bits per heavy atom. The Bertz CT molecular complexity index is 698. The first kappa shape index (κ1) is 14.8. The molecule has 2 atom stereocenters. The number of nitriles is 1. The van der Waals surface area contributed by atoms with E-state index in [4.69, 9.17) is 0 Å². The third-order valence-corrected chi connectivity index (χ3v) is 6.55. The van der Waals surface area contributed by atoms with Crippen LogP contribution in [0.15, 0.2) is 34.8 Å². The molecule has 2 aromatic rings. The van der Waals surface area contributed by atoms with Gasteiger partial charge in [0.25, 0.3) is 0 Å². The van der Waals surface area contributed by atoms with E-state index in [1.54, 1.807) is 11.3 Å². The fourth-order valence-corrected chi connectivity index (χ4v) is 4.70. The van der Waals surface area contributed by atoms with Gasteiger partial charge in [0.05, 0.1) is 11.5 Å². The highest BCUT2D eigenvalue weighted by Crippen LogP contribution is 2.46. The maximum atomic E-state index is 10.8. The van der Waals surface area contributed by atoms with Gasteiger partial charge in [-0.05, 0) is 59.3 Å². The van der Waals surface area contributed by atoms with Gasteiger partial charge in [-0.2, -0.15) is 5.26 Å². The second kappa shape index (κ2) is 5.57. The van der Waals surface area contributed by atoms with E-state index in [9.17, 15) is 10.4 Å². The number of aryl methyl sites for hydroxylation is 2. The van der Waals surface area contributed by atoms with Crippen molar-refractivity contribution in [3.8, 4) is 6.07 Å². The van der Waals surface area contributed by atoms with Gasteiger partial charge in [0, 0.05) is 14.2 Å². The number of thiophene rings is 1. The summed E-state index contributed by atoms with van der Waals surface area (Å²) in [5.41, 5.74) is 1.78. The van der Waals surface area contributed by atoms with Gasteiger partial charge in [-0.25, -0.2) is 0 Å².